The molecule has 1 aliphatic heterocycles. The summed E-state index contributed by atoms with van der Waals surface area (Å²) in [6.45, 7) is 2.89. The predicted octanol–water partition coefficient (Wildman–Crippen LogP) is 1.24. The minimum absolute atomic E-state index is 0.0374. The van der Waals surface area contributed by atoms with Crippen molar-refractivity contribution in [3.63, 3.8) is 0 Å². The van der Waals surface area contributed by atoms with Gasteiger partial charge in [-0.2, -0.15) is 0 Å². The van der Waals surface area contributed by atoms with Crippen LogP contribution in [0.4, 0.5) is 5.69 Å². The Morgan fingerprint density at radius 1 is 1.38 bits per heavy atom. The van der Waals surface area contributed by atoms with E-state index in [0.717, 1.165) is 43.6 Å². The molecule has 1 fully saturated rings. The van der Waals surface area contributed by atoms with Crippen LogP contribution in [0.2, 0.25) is 0 Å². The zero-order chi connectivity index (χ0) is 15.1. The lowest BCUT2D eigenvalue weighted by Gasteiger charge is -2.29. The molecule has 0 saturated carbocycles. The average molecular weight is 291 g/mol. The van der Waals surface area contributed by atoms with Crippen LogP contribution in [0.5, 0.6) is 0 Å². The van der Waals surface area contributed by atoms with Gasteiger partial charge in [-0.1, -0.05) is 18.2 Å². The second-order valence-electron chi connectivity index (χ2n) is 5.56. The van der Waals surface area contributed by atoms with Crippen LogP contribution in [0.15, 0.2) is 24.3 Å². The molecule has 5 heteroatoms. The summed E-state index contributed by atoms with van der Waals surface area (Å²) in [4.78, 5) is 14.3. The molecular weight excluding hydrogens is 266 g/mol. The predicted molar refractivity (Wildman–Crippen MR) is 84.3 cm³/mol. The first-order valence-electron chi connectivity index (χ1n) is 7.53. The van der Waals surface area contributed by atoms with Gasteiger partial charge in [0.25, 0.3) is 0 Å². The van der Waals surface area contributed by atoms with E-state index in [1.54, 1.807) is 7.11 Å². The Hall–Kier alpha value is -1.43. The number of piperidine rings is 1. The molecule has 116 valence electrons. The Morgan fingerprint density at radius 2 is 2.10 bits per heavy atom. The van der Waals surface area contributed by atoms with Gasteiger partial charge >= 0.3 is 0 Å². The van der Waals surface area contributed by atoms with Gasteiger partial charge in [0.15, 0.2) is 0 Å². The standard InChI is InChI=1S/C16H25N3O2/c1-21-11-8-13-4-2-3-5-15(13)18-16(20)12-19-9-6-14(17)7-10-19/h2-5,14H,6-12,17H2,1H3,(H,18,20). The summed E-state index contributed by atoms with van der Waals surface area (Å²) in [5.41, 5.74) is 7.87. The van der Waals surface area contributed by atoms with Gasteiger partial charge in [-0.05, 0) is 30.9 Å². The van der Waals surface area contributed by atoms with E-state index in [9.17, 15) is 4.79 Å². The fraction of sp³-hybridized carbons (Fsp3) is 0.562. The fourth-order valence-corrected chi connectivity index (χ4v) is 2.58. The molecule has 0 spiro atoms. The quantitative estimate of drug-likeness (QED) is 0.827. The molecule has 0 atom stereocenters. The molecule has 1 amide bonds. The number of anilines is 1. The third-order valence-corrected chi connectivity index (χ3v) is 3.87. The Morgan fingerprint density at radius 3 is 2.81 bits per heavy atom. The van der Waals surface area contributed by atoms with Crippen molar-refractivity contribution in [2.75, 3.05) is 38.7 Å². The number of nitrogens with two attached hydrogens (primary N) is 1. The molecule has 1 aromatic rings. The van der Waals surface area contributed by atoms with Gasteiger partial charge in [0.05, 0.1) is 13.2 Å². The summed E-state index contributed by atoms with van der Waals surface area (Å²) in [5, 5.41) is 3.01. The van der Waals surface area contributed by atoms with E-state index in [1.807, 2.05) is 24.3 Å². The third-order valence-electron chi connectivity index (χ3n) is 3.87. The molecule has 0 radical (unpaired) electrons. The summed E-state index contributed by atoms with van der Waals surface area (Å²) in [7, 11) is 1.68. The number of rotatable bonds is 6. The molecule has 5 nitrogen and oxygen atoms in total. The van der Waals surface area contributed by atoms with Crippen molar-refractivity contribution in [3.05, 3.63) is 29.8 Å². The molecule has 1 aromatic carbocycles. The summed E-state index contributed by atoms with van der Waals surface area (Å²) in [6, 6.07) is 8.17. The molecule has 2 rings (SSSR count). The first-order valence-corrected chi connectivity index (χ1v) is 7.53. The molecule has 3 N–H and O–H groups in total. The maximum atomic E-state index is 12.2. The van der Waals surface area contributed by atoms with Crippen LogP contribution >= 0.6 is 0 Å². The van der Waals surface area contributed by atoms with Crippen LogP contribution in [-0.2, 0) is 16.0 Å². The van der Waals surface area contributed by atoms with E-state index in [2.05, 4.69) is 10.2 Å². The zero-order valence-corrected chi connectivity index (χ0v) is 12.7. The molecule has 21 heavy (non-hydrogen) atoms. The Balaban J connectivity index is 1.87. The summed E-state index contributed by atoms with van der Waals surface area (Å²) in [6.07, 6.45) is 2.74. The fourth-order valence-electron chi connectivity index (χ4n) is 2.58. The van der Waals surface area contributed by atoms with Gasteiger partial charge in [0, 0.05) is 31.9 Å². The first-order chi connectivity index (χ1) is 10.2. The van der Waals surface area contributed by atoms with Gasteiger partial charge in [0.2, 0.25) is 5.91 Å². The summed E-state index contributed by atoms with van der Waals surface area (Å²) < 4.78 is 5.10. The SMILES string of the molecule is COCCc1ccccc1NC(=O)CN1CCC(N)CC1. The maximum absolute atomic E-state index is 12.2. The molecule has 1 aliphatic rings. The van der Waals surface area contributed by atoms with E-state index in [-0.39, 0.29) is 5.91 Å². The Bertz CT molecular complexity index is 457. The monoisotopic (exact) mass is 291 g/mol. The smallest absolute Gasteiger partial charge is 0.238 e. The average Bonchev–Trinajstić information content (AvgIpc) is 2.49. The largest absolute Gasteiger partial charge is 0.384 e. The number of nitrogens with zero attached hydrogens (tertiary/aromatic N) is 1. The lowest BCUT2D eigenvalue weighted by atomic mass is 10.1. The lowest BCUT2D eigenvalue weighted by Crippen LogP contribution is -2.43. The first kappa shape index (κ1) is 15.9. The molecule has 0 unspecified atom stereocenters. The Labute approximate surface area is 126 Å². The van der Waals surface area contributed by atoms with Crippen molar-refractivity contribution in [1.29, 1.82) is 0 Å². The topological polar surface area (TPSA) is 67.6 Å². The van der Waals surface area contributed by atoms with Crippen molar-refractivity contribution in [2.45, 2.75) is 25.3 Å². The Kier molecular flexibility index (Phi) is 6.17. The van der Waals surface area contributed by atoms with Crippen molar-refractivity contribution >= 4 is 11.6 Å². The van der Waals surface area contributed by atoms with Gasteiger partial charge < -0.3 is 15.8 Å². The number of likely N-dealkylation sites (tertiary alicyclic amines) is 1. The minimum atomic E-state index is 0.0374. The minimum Gasteiger partial charge on any atom is -0.384 e. The van der Waals surface area contributed by atoms with E-state index >= 15 is 0 Å². The molecule has 0 aliphatic carbocycles. The third kappa shape index (κ3) is 5.12. The van der Waals surface area contributed by atoms with Crippen LogP contribution in [-0.4, -0.2) is 50.2 Å². The maximum Gasteiger partial charge on any atom is 0.238 e. The number of ether oxygens (including phenoxy) is 1. The van der Waals surface area contributed by atoms with Crippen LogP contribution in [0, 0.1) is 0 Å². The van der Waals surface area contributed by atoms with Crippen LogP contribution in [0.25, 0.3) is 0 Å². The van der Waals surface area contributed by atoms with Crippen molar-refractivity contribution in [3.8, 4) is 0 Å². The number of para-hydroxylation sites is 1. The second kappa shape index (κ2) is 8.12. The number of methoxy groups -OCH3 is 1. The highest BCUT2D eigenvalue weighted by molar-refractivity contribution is 5.93. The number of hydrogen-bond donors (Lipinski definition) is 2. The van der Waals surface area contributed by atoms with E-state index in [1.165, 1.54) is 0 Å². The van der Waals surface area contributed by atoms with Gasteiger partial charge in [0.1, 0.15) is 0 Å². The molecule has 0 bridgehead atoms. The van der Waals surface area contributed by atoms with E-state index in [0.29, 0.717) is 19.2 Å². The van der Waals surface area contributed by atoms with Gasteiger partial charge in [-0.3, -0.25) is 9.69 Å². The molecule has 1 saturated heterocycles. The molecule has 1 heterocycles. The van der Waals surface area contributed by atoms with Gasteiger partial charge in [-0.25, -0.2) is 0 Å². The normalized spacial score (nSPS) is 16.9. The molecule has 0 aromatic heterocycles. The number of amides is 1. The van der Waals surface area contributed by atoms with Crippen molar-refractivity contribution < 1.29 is 9.53 Å². The number of nitrogens with one attached hydrogen (secondary N) is 1. The van der Waals surface area contributed by atoms with Gasteiger partial charge in [-0.15, -0.1) is 0 Å². The van der Waals surface area contributed by atoms with Crippen molar-refractivity contribution in [1.82, 2.24) is 4.90 Å². The number of carbonyl (C=O) groups excluding carboxylic acids is 1. The number of hydrogen-bond acceptors (Lipinski definition) is 4. The highest BCUT2D eigenvalue weighted by atomic mass is 16.5. The summed E-state index contributed by atoms with van der Waals surface area (Å²) in [5.74, 6) is 0.0374. The van der Waals surface area contributed by atoms with Crippen molar-refractivity contribution in [2.24, 2.45) is 5.73 Å². The van der Waals surface area contributed by atoms with Crippen LogP contribution < -0.4 is 11.1 Å². The highest BCUT2D eigenvalue weighted by Crippen LogP contribution is 2.16. The molecular formula is C16H25N3O2. The van der Waals surface area contributed by atoms with E-state index in [4.69, 9.17) is 10.5 Å². The van der Waals surface area contributed by atoms with Crippen LogP contribution in [0.3, 0.4) is 0 Å². The number of benzene rings is 1. The second-order valence-corrected chi connectivity index (χ2v) is 5.56. The highest BCUT2D eigenvalue weighted by Gasteiger charge is 2.18. The van der Waals surface area contributed by atoms with Crippen LogP contribution in [0.1, 0.15) is 18.4 Å². The number of carbonyl (C=O) groups is 1. The van der Waals surface area contributed by atoms with E-state index < -0.39 is 0 Å². The summed E-state index contributed by atoms with van der Waals surface area (Å²) >= 11 is 0. The lowest BCUT2D eigenvalue weighted by molar-refractivity contribution is -0.117. The zero-order valence-electron chi connectivity index (χ0n) is 12.7.